The van der Waals surface area contributed by atoms with Gasteiger partial charge in [-0.25, -0.2) is 0 Å². The largest absolute Gasteiger partial charge is 0.0713 e. The van der Waals surface area contributed by atoms with E-state index in [2.05, 4.69) is 271 Å². The molecule has 1 spiro atoms. The predicted octanol–water partition coefficient (Wildman–Crippen LogP) is 21.1. The summed E-state index contributed by atoms with van der Waals surface area (Å²) in [5.74, 6) is 0. The zero-order valence-corrected chi connectivity index (χ0v) is 45.3. The zero-order chi connectivity index (χ0) is 51.9. The van der Waals surface area contributed by atoms with Crippen molar-refractivity contribution in [3.8, 4) is 33.4 Å². The van der Waals surface area contributed by atoms with Crippen LogP contribution in [0.5, 0.6) is 0 Å². The monoisotopic (exact) mass is 973 g/mol. The molecule has 11 aromatic rings. The van der Waals surface area contributed by atoms with Crippen LogP contribution in [0.4, 0.5) is 0 Å². The SMILES string of the molecule is CC.CCC.Cc1ccc(-c2cccc3c2C2(CCCCC2)c2ccccc2-3)cc1.Cc1ccc2c(c1)C(c1ccccc1)(c1ccccc1)c1ccccc1-2.Cc1ccc2c3ccccc3c3ccccc3c2c1. The Morgan fingerprint density at radius 3 is 1.32 bits per heavy atom. The highest BCUT2D eigenvalue weighted by molar-refractivity contribution is 6.25. The molecule has 75 heavy (non-hydrogen) atoms. The van der Waals surface area contributed by atoms with E-state index in [-0.39, 0.29) is 10.8 Å². The molecule has 3 aliphatic rings. The van der Waals surface area contributed by atoms with Crippen molar-refractivity contribution in [1.82, 2.24) is 0 Å². The van der Waals surface area contributed by atoms with Crippen LogP contribution in [-0.4, -0.2) is 0 Å². The first kappa shape index (κ1) is 50.7. The third-order valence-electron chi connectivity index (χ3n) is 15.9. The standard InChI is InChI=1S/C26H20.C25H24.C19H14.C3H8.C2H6/c1-19-16-17-23-22-14-8-9-15-24(22)26(25(23)18-19,20-10-4-2-5-11-20)21-12-6-3-7-13-21;1-18-12-14-19(15-13-18)20-9-7-10-22-21-8-3-4-11-23(21)25(24(20)22)16-5-2-6-17-25;1-13-10-11-18-16-8-3-2-6-14(16)15-7-4-5-9-17(15)19(18)12-13;1-3-2;1-2/h2-18H,1H3;3-4,7-15H,2,5-6,16-17H2,1H3;2-12H,1H3;3H2,1-2H3;1-2H3. The number of hydrogen-bond donors (Lipinski definition) is 0. The lowest BCUT2D eigenvalue weighted by Gasteiger charge is -2.37. The lowest BCUT2D eigenvalue weighted by atomic mass is 9.66. The summed E-state index contributed by atoms with van der Waals surface area (Å²) in [6.07, 6.45) is 7.90. The highest BCUT2D eigenvalue weighted by Gasteiger charge is 2.47. The van der Waals surface area contributed by atoms with Crippen molar-refractivity contribution < 1.29 is 0 Å². The van der Waals surface area contributed by atoms with Crippen LogP contribution in [0.2, 0.25) is 0 Å². The fourth-order valence-electron chi connectivity index (χ4n) is 12.8. The summed E-state index contributed by atoms with van der Waals surface area (Å²) in [6.45, 7) is 14.8. The summed E-state index contributed by atoms with van der Waals surface area (Å²) < 4.78 is 0. The summed E-state index contributed by atoms with van der Waals surface area (Å²) in [4.78, 5) is 0. The van der Waals surface area contributed by atoms with Gasteiger partial charge in [-0.2, -0.15) is 0 Å². The highest BCUT2D eigenvalue weighted by atomic mass is 14.5. The van der Waals surface area contributed by atoms with Crippen molar-refractivity contribution in [2.75, 3.05) is 0 Å². The number of hydrogen-bond acceptors (Lipinski definition) is 0. The molecule has 372 valence electrons. The Balaban J connectivity index is 0.000000124. The minimum Gasteiger partial charge on any atom is -0.0683 e. The van der Waals surface area contributed by atoms with E-state index in [4.69, 9.17) is 0 Å². The highest BCUT2D eigenvalue weighted by Crippen LogP contribution is 2.59. The first-order chi connectivity index (χ1) is 36.9. The third-order valence-corrected chi connectivity index (χ3v) is 15.9. The molecule has 0 atom stereocenters. The van der Waals surface area contributed by atoms with Crippen LogP contribution in [-0.2, 0) is 10.8 Å². The van der Waals surface area contributed by atoms with E-state index >= 15 is 0 Å². The Morgan fingerprint density at radius 1 is 0.320 bits per heavy atom. The summed E-state index contributed by atoms with van der Waals surface area (Å²) in [5.41, 5.74) is 20.9. The first-order valence-electron chi connectivity index (χ1n) is 27.8. The predicted molar refractivity (Wildman–Crippen MR) is 325 cm³/mol. The normalized spacial score (nSPS) is 13.8. The van der Waals surface area contributed by atoms with Gasteiger partial charge < -0.3 is 0 Å². The van der Waals surface area contributed by atoms with Gasteiger partial charge in [-0.1, -0.05) is 307 Å². The number of aryl methyl sites for hydroxylation is 3. The number of fused-ring (bicyclic) bond motifs is 14. The van der Waals surface area contributed by atoms with Crippen LogP contribution < -0.4 is 0 Å². The fraction of sp³-hybridized carbons (Fsp3) is 0.200. The molecule has 0 aromatic heterocycles. The number of benzene rings is 11. The maximum atomic E-state index is 2.39. The average Bonchev–Trinajstić information content (AvgIpc) is 3.92. The molecule has 0 nitrogen and oxygen atoms in total. The molecular weight excluding hydrogens is 901 g/mol. The molecule has 0 heterocycles. The topological polar surface area (TPSA) is 0 Å². The molecule has 0 aliphatic heterocycles. The minimum absolute atomic E-state index is 0.228. The lowest BCUT2D eigenvalue weighted by molar-refractivity contribution is 0.353. The van der Waals surface area contributed by atoms with Gasteiger partial charge in [0.15, 0.2) is 0 Å². The van der Waals surface area contributed by atoms with Crippen LogP contribution in [0.1, 0.15) is 116 Å². The van der Waals surface area contributed by atoms with Crippen molar-refractivity contribution >= 4 is 32.3 Å². The average molecular weight is 973 g/mol. The molecule has 0 radical (unpaired) electrons. The van der Waals surface area contributed by atoms with Crippen molar-refractivity contribution in [3.63, 3.8) is 0 Å². The van der Waals surface area contributed by atoms with Gasteiger partial charge in [0.05, 0.1) is 5.41 Å². The quantitative estimate of drug-likeness (QED) is 0.155. The minimum atomic E-state index is -0.263. The van der Waals surface area contributed by atoms with E-state index in [1.54, 1.807) is 11.1 Å². The van der Waals surface area contributed by atoms with Gasteiger partial charge in [-0.05, 0) is 133 Å². The van der Waals surface area contributed by atoms with Gasteiger partial charge in [-0.3, -0.25) is 0 Å². The maximum Gasteiger partial charge on any atom is 0.0713 e. The summed E-state index contributed by atoms with van der Waals surface area (Å²) in [5, 5.41) is 8.08. The lowest BCUT2D eigenvalue weighted by Crippen LogP contribution is -2.28. The van der Waals surface area contributed by atoms with Gasteiger partial charge >= 0.3 is 0 Å². The van der Waals surface area contributed by atoms with Crippen LogP contribution in [0.25, 0.3) is 65.7 Å². The van der Waals surface area contributed by atoms with Crippen LogP contribution >= 0.6 is 0 Å². The molecule has 3 aliphatic carbocycles. The van der Waals surface area contributed by atoms with Crippen molar-refractivity contribution in [3.05, 3.63) is 287 Å². The molecule has 1 fully saturated rings. The first-order valence-corrected chi connectivity index (χ1v) is 27.8. The van der Waals surface area contributed by atoms with Crippen LogP contribution in [0.15, 0.2) is 237 Å². The van der Waals surface area contributed by atoms with Gasteiger partial charge in [0.25, 0.3) is 0 Å². The molecule has 0 unspecified atom stereocenters. The van der Waals surface area contributed by atoms with Crippen LogP contribution in [0, 0.1) is 20.8 Å². The second kappa shape index (κ2) is 22.4. The molecule has 14 rings (SSSR count). The smallest absolute Gasteiger partial charge is 0.0683 e. The Bertz CT molecular complexity index is 3640. The second-order valence-corrected chi connectivity index (χ2v) is 20.7. The zero-order valence-electron chi connectivity index (χ0n) is 45.3. The van der Waals surface area contributed by atoms with Crippen molar-refractivity contribution in [2.45, 2.75) is 97.8 Å². The van der Waals surface area contributed by atoms with E-state index in [1.807, 2.05) is 13.8 Å². The summed E-state index contributed by atoms with van der Waals surface area (Å²) >= 11 is 0. The van der Waals surface area contributed by atoms with Gasteiger partial charge in [0, 0.05) is 5.41 Å². The maximum absolute atomic E-state index is 2.39. The third kappa shape index (κ3) is 9.20. The Labute approximate surface area is 447 Å². The molecule has 0 saturated heterocycles. The Morgan fingerprint density at radius 2 is 0.733 bits per heavy atom. The molecule has 11 aromatic carbocycles. The Hall–Kier alpha value is -7.80. The van der Waals surface area contributed by atoms with Gasteiger partial charge in [0.1, 0.15) is 0 Å². The fourth-order valence-corrected chi connectivity index (χ4v) is 12.8. The van der Waals surface area contributed by atoms with Crippen molar-refractivity contribution in [1.29, 1.82) is 0 Å². The van der Waals surface area contributed by atoms with E-state index < -0.39 is 0 Å². The van der Waals surface area contributed by atoms with Crippen LogP contribution in [0.3, 0.4) is 0 Å². The van der Waals surface area contributed by atoms with Gasteiger partial charge in [0.2, 0.25) is 0 Å². The van der Waals surface area contributed by atoms with E-state index in [1.165, 1.54) is 143 Å². The Kier molecular flexibility index (Phi) is 15.1. The second-order valence-electron chi connectivity index (χ2n) is 20.7. The molecular formula is C75H72. The molecule has 0 amide bonds. The van der Waals surface area contributed by atoms with E-state index in [0.717, 1.165) is 0 Å². The van der Waals surface area contributed by atoms with E-state index in [0.29, 0.717) is 0 Å². The molecule has 1 saturated carbocycles. The van der Waals surface area contributed by atoms with Gasteiger partial charge in [-0.15, -0.1) is 0 Å². The molecule has 0 heteroatoms. The molecule has 0 bridgehead atoms. The van der Waals surface area contributed by atoms with E-state index in [9.17, 15) is 0 Å². The molecule has 0 N–H and O–H groups in total. The number of rotatable bonds is 3. The van der Waals surface area contributed by atoms with Crippen molar-refractivity contribution in [2.24, 2.45) is 0 Å². The summed E-state index contributed by atoms with van der Waals surface area (Å²) in [7, 11) is 0. The summed E-state index contributed by atoms with van der Waals surface area (Å²) in [6, 6.07) is 86.9.